The third-order valence-electron chi connectivity index (χ3n) is 8.89. The van der Waals surface area contributed by atoms with Crippen molar-refractivity contribution in [1.29, 1.82) is 0 Å². The van der Waals surface area contributed by atoms with Crippen LogP contribution in [0.4, 0.5) is 14.5 Å². The molecule has 3 aromatic carbocycles. The van der Waals surface area contributed by atoms with E-state index in [1.54, 1.807) is 29.2 Å². The lowest BCUT2D eigenvalue weighted by atomic mass is 9.78. The summed E-state index contributed by atoms with van der Waals surface area (Å²) in [5, 5.41) is 8.81. The second-order valence-corrected chi connectivity index (χ2v) is 17.8. The van der Waals surface area contributed by atoms with Crippen molar-refractivity contribution in [2.24, 2.45) is 5.92 Å². The van der Waals surface area contributed by atoms with Gasteiger partial charge in [0.15, 0.2) is 8.32 Å². The molecule has 0 bridgehead atoms. The summed E-state index contributed by atoms with van der Waals surface area (Å²) in [6.07, 6.45) is 6.23. The number of unbranched alkanes of at least 4 members (excludes halogenated alkanes) is 1. The molecule has 0 radical (unpaired) electrons. The summed E-state index contributed by atoms with van der Waals surface area (Å²) < 4.78 is 34.4. The number of anilines is 1. The highest BCUT2D eigenvalue weighted by Gasteiger charge is 2.49. The minimum atomic E-state index is -2.19. The first-order chi connectivity index (χ1) is 20.8. The number of aliphatic carboxylic acids is 1. The van der Waals surface area contributed by atoms with E-state index in [4.69, 9.17) is 9.53 Å². The second kappa shape index (κ2) is 14.0. The van der Waals surface area contributed by atoms with Gasteiger partial charge in [0.2, 0.25) is 5.91 Å². The molecule has 1 N–H and O–H groups in total. The monoisotopic (exact) mass is 619 g/mol. The van der Waals surface area contributed by atoms with Crippen LogP contribution >= 0.6 is 0 Å². The lowest BCUT2D eigenvalue weighted by Gasteiger charge is -2.48. The zero-order valence-corrected chi connectivity index (χ0v) is 27.2. The maximum atomic E-state index is 13.8. The van der Waals surface area contributed by atoms with Gasteiger partial charge >= 0.3 is 5.97 Å². The molecule has 1 fully saturated rings. The van der Waals surface area contributed by atoms with Crippen LogP contribution in [0.15, 0.2) is 78.9 Å². The van der Waals surface area contributed by atoms with E-state index in [0.717, 1.165) is 16.7 Å². The van der Waals surface area contributed by atoms with E-state index in [1.807, 2.05) is 36.4 Å². The second-order valence-electron chi connectivity index (χ2n) is 13.1. The van der Waals surface area contributed by atoms with Crippen molar-refractivity contribution in [2.75, 3.05) is 4.90 Å². The molecule has 4 rings (SSSR count). The van der Waals surface area contributed by atoms with Crippen molar-refractivity contribution < 1.29 is 27.9 Å². The number of rotatable bonds is 13. The first-order valence-corrected chi connectivity index (χ1v) is 18.2. The number of amides is 1. The number of halogens is 2. The number of nitrogens with zero attached hydrogens (tertiary/aromatic N) is 1. The smallest absolute Gasteiger partial charge is 0.303 e. The van der Waals surface area contributed by atoms with Crippen molar-refractivity contribution in [2.45, 2.75) is 83.2 Å². The number of allylic oxidation sites excluding steroid dienone is 1. The minimum absolute atomic E-state index is 0.0193. The molecule has 3 unspecified atom stereocenters. The highest BCUT2D eigenvalue weighted by Crippen LogP contribution is 2.48. The minimum Gasteiger partial charge on any atom is -0.481 e. The standard InChI is InChI=1S/C36H43F2NO4Si/c1-36(2,3)44(4,5)43-32(26-15-17-28(37)18-16-26)24-23-31-34(39(35(31)42)30-21-19-29(38)20-22-30)27-13-11-25(12-14-27)9-7-6-8-10-33(40)41/h7,9,11-22,31-32,34H,6,8,10,23-24H2,1-5H3,(H,40,41). The first-order valence-electron chi connectivity index (χ1n) is 15.3. The largest absolute Gasteiger partial charge is 0.481 e. The number of carbonyl (C=O) groups is 2. The van der Waals surface area contributed by atoms with E-state index >= 15 is 0 Å². The van der Waals surface area contributed by atoms with Crippen LogP contribution in [0.2, 0.25) is 18.1 Å². The fourth-order valence-electron chi connectivity index (χ4n) is 5.33. The molecule has 1 aliphatic rings. The molecule has 0 aromatic heterocycles. The Morgan fingerprint density at radius 3 is 2.14 bits per heavy atom. The van der Waals surface area contributed by atoms with E-state index in [2.05, 4.69) is 33.9 Å². The molecule has 0 aliphatic carbocycles. The van der Waals surface area contributed by atoms with Crippen molar-refractivity contribution >= 4 is 32.0 Å². The zero-order valence-electron chi connectivity index (χ0n) is 26.2. The Balaban J connectivity index is 1.57. The van der Waals surface area contributed by atoms with Gasteiger partial charge in [-0.15, -0.1) is 0 Å². The summed E-state index contributed by atoms with van der Waals surface area (Å²) in [6.45, 7) is 10.9. The summed E-state index contributed by atoms with van der Waals surface area (Å²) in [5.41, 5.74) is 3.51. The van der Waals surface area contributed by atoms with Crippen molar-refractivity contribution in [1.82, 2.24) is 0 Å². The Hall–Kier alpha value is -3.62. The molecule has 1 saturated heterocycles. The molecule has 0 spiro atoms. The fourth-order valence-corrected chi connectivity index (χ4v) is 6.65. The van der Waals surface area contributed by atoms with Crippen LogP contribution in [-0.4, -0.2) is 25.3 Å². The van der Waals surface area contributed by atoms with Crippen LogP contribution in [0.1, 0.15) is 81.7 Å². The molecule has 3 atom stereocenters. The van der Waals surface area contributed by atoms with Gasteiger partial charge < -0.3 is 14.4 Å². The maximum Gasteiger partial charge on any atom is 0.303 e. The highest BCUT2D eigenvalue weighted by atomic mass is 28.4. The van der Waals surface area contributed by atoms with Crippen molar-refractivity contribution in [3.05, 3.63) is 107 Å². The third-order valence-corrected chi connectivity index (χ3v) is 13.4. The van der Waals surface area contributed by atoms with E-state index in [1.165, 1.54) is 24.3 Å². The lowest BCUT2D eigenvalue weighted by molar-refractivity contribution is -0.137. The van der Waals surface area contributed by atoms with Crippen LogP contribution < -0.4 is 4.90 Å². The van der Waals surface area contributed by atoms with Gasteiger partial charge in [0.05, 0.1) is 18.1 Å². The van der Waals surface area contributed by atoms with Crippen LogP contribution in [0.5, 0.6) is 0 Å². The summed E-state index contributed by atoms with van der Waals surface area (Å²) in [5.74, 6) is -1.78. The SMILES string of the molecule is CC(C)(C)[Si](C)(C)OC(CCC1C(=O)N(c2ccc(F)cc2)C1c1ccc(C=CCCCC(=O)O)cc1)c1ccc(F)cc1. The quantitative estimate of drug-likeness (QED) is 0.118. The molecule has 44 heavy (non-hydrogen) atoms. The maximum absolute atomic E-state index is 13.8. The van der Waals surface area contributed by atoms with Crippen molar-refractivity contribution in [3.8, 4) is 0 Å². The van der Waals surface area contributed by atoms with Crippen LogP contribution in [0.3, 0.4) is 0 Å². The Morgan fingerprint density at radius 1 is 0.977 bits per heavy atom. The number of hydrogen-bond acceptors (Lipinski definition) is 3. The third kappa shape index (κ3) is 8.10. The van der Waals surface area contributed by atoms with Gasteiger partial charge in [-0.1, -0.05) is 69.3 Å². The van der Waals surface area contributed by atoms with Gasteiger partial charge in [0, 0.05) is 12.1 Å². The average molecular weight is 620 g/mol. The van der Waals surface area contributed by atoms with Gasteiger partial charge in [0.1, 0.15) is 11.6 Å². The summed E-state index contributed by atoms with van der Waals surface area (Å²) in [6, 6.07) is 20.2. The number of benzene rings is 3. The van der Waals surface area contributed by atoms with Crippen LogP contribution in [-0.2, 0) is 14.0 Å². The normalized spacial score (nSPS) is 18.0. The van der Waals surface area contributed by atoms with Gasteiger partial charge in [-0.05, 0) is 96.9 Å². The highest BCUT2D eigenvalue weighted by molar-refractivity contribution is 6.74. The van der Waals surface area contributed by atoms with E-state index < -0.39 is 14.3 Å². The summed E-state index contributed by atoms with van der Waals surface area (Å²) >= 11 is 0. The number of β-lactam (4-membered cyclic amide) rings is 1. The summed E-state index contributed by atoms with van der Waals surface area (Å²) in [4.78, 5) is 26.2. The molecule has 3 aromatic rings. The lowest BCUT2D eigenvalue weighted by Crippen LogP contribution is -2.55. The molecular weight excluding hydrogens is 576 g/mol. The number of hydrogen-bond donors (Lipinski definition) is 1. The van der Waals surface area contributed by atoms with Gasteiger partial charge in [-0.2, -0.15) is 0 Å². The van der Waals surface area contributed by atoms with E-state index in [0.29, 0.717) is 31.4 Å². The molecule has 234 valence electrons. The van der Waals surface area contributed by atoms with Crippen LogP contribution in [0, 0.1) is 17.6 Å². The number of carboxylic acids is 1. The van der Waals surface area contributed by atoms with Crippen molar-refractivity contribution in [3.63, 3.8) is 0 Å². The molecule has 0 saturated carbocycles. The Kier molecular flexibility index (Phi) is 10.6. The zero-order chi connectivity index (χ0) is 32.1. The topological polar surface area (TPSA) is 66.8 Å². The van der Waals surface area contributed by atoms with E-state index in [9.17, 15) is 18.4 Å². The molecular formula is C36H43F2NO4Si. The average Bonchev–Trinajstić information content (AvgIpc) is 2.96. The Bertz CT molecular complexity index is 1450. The molecule has 8 heteroatoms. The van der Waals surface area contributed by atoms with Crippen LogP contribution in [0.25, 0.3) is 6.08 Å². The fraction of sp³-hybridized carbons (Fsp3) is 0.389. The van der Waals surface area contributed by atoms with Gasteiger partial charge in [-0.25, -0.2) is 8.78 Å². The Labute approximate surface area is 260 Å². The van der Waals surface area contributed by atoms with Gasteiger partial charge in [-0.3, -0.25) is 9.59 Å². The van der Waals surface area contributed by atoms with E-state index in [-0.39, 0.29) is 47.1 Å². The Morgan fingerprint density at radius 2 is 1.57 bits per heavy atom. The predicted molar refractivity (Wildman–Crippen MR) is 174 cm³/mol. The van der Waals surface area contributed by atoms with Gasteiger partial charge in [0.25, 0.3) is 0 Å². The molecule has 1 aliphatic heterocycles. The number of carboxylic acid groups (broad SMARTS) is 1. The molecule has 1 heterocycles. The molecule has 1 amide bonds. The molecule has 5 nitrogen and oxygen atoms in total. The summed E-state index contributed by atoms with van der Waals surface area (Å²) in [7, 11) is -2.19. The predicted octanol–water partition coefficient (Wildman–Crippen LogP) is 9.48. The first kappa shape index (κ1) is 33.3. The number of carbonyl (C=O) groups excluding carboxylic acids is 1.